The minimum atomic E-state index is -0.458. The first-order chi connectivity index (χ1) is 6.99. The van der Waals surface area contributed by atoms with Crippen LogP contribution < -0.4 is 5.73 Å². The molecule has 84 valence electrons. The van der Waals surface area contributed by atoms with Gasteiger partial charge in [0.25, 0.3) is 0 Å². The third-order valence-electron chi connectivity index (χ3n) is 2.55. The van der Waals surface area contributed by atoms with Gasteiger partial charge in [0, 0.05) is 19.5 Å². The second-order valence-electron chi connectivity index (χ2n) is 3.91. The molecule has 0 aliphatic rings. The van der Waals surface area contributed by atoms with Crippen LogP contribution in [0.3, 0.4) is 0 Å². The number of nitrogens with two attached hydrogens (primary N) is 1. The van der Waals surface area contributed by atoms with Crippen molar-refractivity contribution in [1.82, 2.24) is 9.55 Å². The summed E-state index contributed by atoms with van der Waals surface area (Å²) < 4.78 is 1.68. The highest BCUT2D eigenvalue weighted by atomic mass is 16.6. The predicted octanol–water partition coefficient (Wildman–Crippen LogP) is 1.03. The highest BCUT2D eigenvalue weighted by molar-refractivity contribution is 5.31. The molecule has 0 spiro atoms. The fourth-order valence-corrected chi connectivity index (χ4v) is 1.69. The smallest absolute Gasteiger partial charge is 0.358 e. The van der Waals surface area contributed by atoms with Crippen molar-refractivity contribution in [2.75, 3.05) is 6.54 Å². The first-order valence-corrected chi connectivity index (χ1v) is 4.84. The van der Waals surface area contributed by atoms with Crippen molar-refractivity contribution < 1.29 is 4.92 Å². The van der Waals surface area contributed by atoms with Gasteiger partial charge in [-0.05, 0) is 15.8 Å². The Morgan fingerprint density at radius 2 is 2.27 bits per heavy atom. The molecular weight excluding hydrogens is 196 g/mol. The molecule has 2 N–H and O–H groups in total. The molecule has 15 heavy (non-hydrogen) atoms. The quantitative estimate of drug-likeness (QED) is 0.596. The summed E-state index contributed by atoms with van der Waals surface area (Å²) in [6, 6.07) is 0. The number of hydrogen-bond acceptors (Lipinski definition) is 4. The fraction of sp³-hybridized carbons (Fsp3) is 0.667. The van der Waals surface area contributed by atoms with Gasteiger partial charge < -0.3 is 20.4 Å². The number of aryl methyl sites for hydroxylation is 1. The number of nitro groups is 1. The maximum Gasteiger partial charge on any atom is 0.385 e. The first kappa shape index (κ1) is 11.6. The van der Waals surface area contributed by atoms with Crippen LogP contribution in [-0.4, -0.2) is 21.0 Å². The lowest BCUT2D eigenvalue weighted by molar-refractivity contribution is -0.390. The number of nitrogens with zero attached hydrogens (tertiary/aromatic N) is 3. The van der Waals surface area contributed by atoms with Crippen LogP contribution in [0.5, 0.6) is 0 Å². The number of aromatic nitrogens is 2. The van der Waals surface area contributed by atoms with Crippen molar-refractivity contribution in [3.8, 4) is 0 Å². The number of rotatable bonds is 4. The van der Waals surface area contributed by atoms with Crippen LogP contribution in [-0.2, 0) is 7.05 Å². The zero-order chi connectivity index (χ0) is 11.6. The Bertz CT molecular complexity index is 359. The zero-order valence-corrected chi connectivity index (χ0v) is 9.17. The van der Waals surface area contributed by atoms with Crippen molar-refractivity contribution in [3.05, 3.63) is 22.1 Å². The summed E-state index contributed by atoms with van der Waals surface area (Å²) in [4.78, 5) is 14.1. The topological polar surface area (TPSA) is 87.0 Å². The van der Waals surface area contributed by atoms with Crippen LogP contribution in [0, 0.1) is 16.0 Å². The molecule has 0 saturated carbocycles. The van der Waals surface area contributed by atoms with Crippen LogP contribution in [0.1, 0.15) is 25.5 Å². The van der Waals surface area contributed by atoms with Crippen molar-refractivity contribution >= 4 is 5.82 Å². The monoisotopic (exact) mass is 212 g/mol. The van der Waals surface area contributed by atoms with Gasteiger partial charge >= 0.3 is 5.82 Å². The van der Waals surface area contributed by atoms with Crippen LogP contribution >= 0.6 is 0 Å². The van der Waals surface area contributed by atoms with Gasteiger partial charge in [-0.3, -0.25) is 0 Å². The van der Waals surface area contributed by atoms with Crippen LogP contribution in [0.2, 0.25) is 0 Å². The zero-order valence-electron chi connectivity index (χ0n) is 9.17. The molecule has 0 aliphatic carbocycles. The molecule has 1 rings (SSSR count). The highest BCUT2D eigenvalue weighted by Crippen LogP contribution is 2.29. The van der Waals surface area contributed by atoms with E-state index in [1.165, 1.54) is 6.33 Å². The van der Waals surface area contributed by atoms with E-state index in [4.69, 9.17) is 5.73 Å². The van der Waals surface area contributed by atoms with Gasteiger partial charge in [0.05, 0.1) is 0 Å². The maximum atomic E-state index is 10.8. The molecule has 0 amide bonds. The molecule has 0 saturated heterocycles. The van der Waals surface area contributed by atoms with Crippen molar-refractivity contribution in [3.63, 3.8) is 0 Å². The Morgan fingerprint density at radius 3 is 2.67 bits per heavy atom. The fourth-order valence-electron chi connectivity index (χ4n) is 1.69. The van der Waals surface area contributed by atoms with E-state index in [2.05, 4.69) is 4.98 Å². The molecular formula is C9H16N4O2. The molecule has 1 aromatic rings. The lowest BCUT2D eigenvalue weighted by Crippen LogP contribution is -2.21. The highest BCUT2D eigenvalue weighted by Gasteiger charge is 2.28. The largest absolute Gasteiger partial charge is 0.385 e. The van der Waals surface area contributed by atoms with Gasteiger partial charge in [0.2, 0.25) is 6.33 Å². The van der Waals surface area contributed by atoms with Gasteiger partial charge in [-0.2, -0.15) is 0 Å². The molecule has 0 fully saturated rings. The maximum absolute atomic E-state index is 10.8. The Morgan fingerprint density at radius 1 is 1.67 bits per heavy atom. The van der Waals surface area contributed by atoms with Crippen molar-refractivity contribution in [1.29, 1.82) is 0 Å². The summed E-state index contributed by atoms with van der Waals surface area (Å²) in [6.45, 7) is 4.38. The minimum absolute atomic E-state index is 0.0297. The second-order valence-corrected chi connectivity index (χ2v) is 3.91. The molecule has 1 unspecified atom stereocenters. The number of hydrogen-bond donors (Lipinski definition) is 1. The summed E-state index contributed by atoms with van der Waals surface area (Å²) in [5, 5.41) is 10.8. The Labute approximate surface area is 88.3 Å². The lowest BCUT2D eigenvalue weighted by atomic mass is 9.92. The van der Waals surface area contributed by atoms with E-state index in [1.807, 2.05) is 13.8 Å². The average Bonchev–Trinajstić information content (AvgIpc) is 2.49. The molecule has 1 atom stereocenters. The Hall–Kier alpha value is -1.43. The summed E-state index contributed by atoms with van der Waals surface area (Å²) in [5.41, 5.74) is 6.25. The van der Waals surface area contributed by atoms with E-state index in [0.29, 0.717) is 12.2 Å². The second kappa shape index (κ2) is 4.39. The van der Waals surface area contributed by atoms with Crippen LogP contribution in [0.15, 0.2) is 6.33 Å². The molecule has 0 aromatic carbocycles. The van der Waals surface area contributed by atoms with E-state index < -0.39 is 4.92 Å². The Balaban J connectivity index is 3.20. The third kappa shape index (κ3) is 2.15. The third-order valence-corrected chi connectivity index (χ3v) is 2.55. The normalized spacial score (nSPS) is 13.1. The van der Waals surface area contributed by atoms with Gasteiger partial charge in [-0.15, -0.1) is 0 Å². The molecule has 1 heterocycles. The van der Waals surface area contributed by atoms with E-state index in [1.54, 1.807) is 11.6 Å². The Kier molecular flexibility index (Phi) is 3.41. The van der Waals surface area contributed by atoms with Crippen molar-refractivity contribution in [2.24, 2.45) is 18.7 Å². The first-order valence-electron chi connectivity index (χ1n) is 4.84. The molecule has 6 heteroatoms. The van der Waals surface area contributed by atoms with Gasteiger partial charge in [0.15, 0.2) is 0 Å². The lowest BCUT2D eigenvalue weighted by Gasteiger charge is -2.18. The molecule has 0 radical (unpaired) electrons. The van der Waals surface area contributed by atoms with Crippen LogP contribution in [0.4, 0.5) is 5.82 Å². The SMILES string of the molecule is CC(C)C(CN)c1c([N+](=O)[O-])ncn1C. The van der Waals surface area contributed by atoms with Gasteiger partial charge in [-0.1, -0.05) is 13.8 Å². The average molecular weight is 212 g/mol. The number of imidazole rings is 1. The summed E-state index contributed by atoms with van der Waals surface area (Å²) in [5.74, 6) is 0.142. The van der Waals surface area contributed by atoms with E-state index in [9.17, 15) is 10.1 Å². The predicted molar refractivity (Wildman–Crippen MR) is 56.5 cm³/mol. The van der Waals surface area contributed by atoms with Gasteiger partial charge in [-0.25, -0.2) is 0 Å². The molecule has 1 aromatic heterocycles. The summed E-state index contributed by atoms with van der Waals surface area (Å²) in [7, 11) is 1.75. The van der Waals surface area contributed by atoms with Crippen molar-refractivity contribution in [2.45, 2.75) is 19.8 Å². The standard InChI is InChI=1S/C9H16N4O2/c1-6(2)7(4-10)8-9(13(14)15)11-5-12(8)3/h5-7H,4,10H2,1-3H3. The summed E-state index contributed by atoms with van der Waals surface area (Å²) >= 11 is 0. The minimum Gasteiger partial charge on any atom is -0.358 e. The van der Waals surface area contributed by atoms with E-state index >= 15 is 0 Å². The van der Waals surface area contributed by atoms with Crippen LogP contribution in [0.25, 0.3) is 0 Å². The molecule has 6 nitrogen and oxygen atoms in total. The van der Waals surface area contributed by atoms with E-state index in [0.717, 1.165) is 0 Å². The molecule has 0 aliphatic heterocycles. The van der Waals surface area contributed by atoms with E-state index in [-0.39, 0.29) is 17.7 Å². The van der Waals surface area contributed by atoms with Gasteiger partial charge in [0.1, 0.15) is 5.69 Å². The summed E-state index contributed by atoms with van der Waals surface area (Å²) in [6.07, 6.45) is 1.46. The molecule has 0 bridgehead atoms.